The Labute approximate surface area is 115 Å². The van der Waals surface area contributed by atoms with E-state index >= 15 is 0 Å². The van der Waals surface area contributed by atoms with Gasteiger partial charge in [-0.15, -0.1) is 11.3 Å². The maximum atomic E-state index is 11.5. The second kappa shape index (κ2) is 6.36. The van der Waals surface area contributed by atoms with Crippen molar-refractivity contribution in [2.75, 3.05) is 6.54 Å². The molecule has 0 saturated heterocycles. The van der Waals surface area contributed by atoms with Crippen LogP contribution in [-0.4, -0.2) is 17.6 Å². The lowest BCUT2D eigenvalue weighted by molar-refractivity contribution is -0.116. The minimum atomic E-state index is -0.826. The van der Waals surface area contributed by atoms with Crippen molar-refractivity contribution in [2.24, 2.45) is 0 Å². The predicted molar refractivity (Wildman–Crippen MR) is 74.8 cm³/mol. The number of hydrogen-bond acceptors (Lipinski definition) is 4. The van der Waals surface area contributed by atoms with Crippen LogP contribution in [0.3, 0.4) is 0 Å². The average Bonchev–Trinajstić information content (AvgIpc) is 3.04. The fourth-order valence-electron chi connectivity index (χ4n) is 1.53. The molecule has 2 rings (SSSR count). The van der Waals surface area contributed by atoms with E-state index in [0.29, 0.717) is 5.76 Å². The van der Waals surface area contributed by atoms with Gasteiger partial charge in [0.25, 0.3) is 0 Å². The van der Waals surface area contributed by atoms with Crippen molar-refractivity contribution >= 4 is 23.3 Å². The number of furan rings is 1. The summed E-state index contributed by atoms with van der Waals surface area (Å²) in [5.74, 6) is 0.953. The van der Waals surface area contributed by atoms with Crippen LogP contribution >= 0.6 is 11.3 Å². The summed E-state index contributed by atoms with van der Waals surface area (Å²) in [6.07, 6.45) is 2.36. The summed E-state index contributed by atoms with van der Waals surface area (Å²) in [5, 5.41) is 14.4. The molecule has 0 fully saturated rings. The molecule has 0 aromatic carbocycles. The zero-order valence-electron chi connectivity index (χ0n) is 10.5. The van der Waals surface area contributed by atoms with E-state index in [0.717, 1.165) is 10.6 Å². The smallest absolute Gasteiger partial charge is 0.244 e. The third-order valence-electron chi connectivity index (χ3n) is 2.50. The van der Waals surface area contributed by atoms with Crippen molar-refractivity contribution in [2.45, 2.75) is 13.0 Å². The van der Waals surface area contributed by atoms with Gasteiger partial charge in [0.05, 0.1) is 6.54 Å². The van der Waals surface area contributed by atoms with Crippen LogP contribution in [0.5, 0.6) is 0 Å². The molecular weight excluding hydrogens is 262 g/mol. The Morgan fingerprint density at radius 3 is 3.00 bits per heavy atom. The monoisotopic (exact) mass is 277 g/mol. The Hall–Kier alpha value is -1.85. The third kappa shape index (κ3) is 4.08. The number of aryl methyl sites for hydroxylation is 1. The minimum absolute atomic E-state index is 0.126. The summed E-state index contributed by atoms with van der Waals surface area (Å²) < 4.78 is 5.28. The highest BCUT2D eigenvalue weighted by molar-refractivity contribution is 7.10. The van der Waals surface area contributed by atoms with Crippen LogP contribution in [0.1, 0.15) is 22.5 Å². The summed E-state index contributed by atoms with van der Waals surface area (Å²) in [6.45, 7) is 1.93. The fraction of sp³-hybridized carbons (Fsp3) is 0.214. The van der Waals surface area contributed by atoms with Crippen LogP contribution in [-0.2, 0) is 4.79 Å². The maximum absolute atomic E-state index is 11.5. The second-order valence-corrected chi connectivity index (χ2v) is 5.04. The molecule has 0 aliphatic rings. The van der Waals surface area contributed by atoms with E-state index in [-0.39, 0.29) is 12.5 Å². The molecule has 1 unspecified atom stereocenters. The molecule has 4 nitrogen and oxygen atoms in total. The van der Waals surface area contributed by atoms with Gasteiger partial charge in [0, 0.05) is 11.0 Å². The molecule has 19 heavy (non-hydrogen) atoms. The van der Waals surface area contributed by atoms with Crippen LogP contribution in [0.15, 0.2) is 40.1 Å². The molecule has 1 atom stereocenters. The van der Waals surface area contributed by atoms with E-state index in [1.807, 2.05) is 17.5 Å². The minimum Gasteiger partial charge on any atom is -0.464 e. The Morgan fingerprint density at radius 1 is 1.53 bits per heavy atom. The molecular formula is C14H15NO3S. The first-order valence-electron chi connectivity index (χ1n) is 5.89. The lowest BCUT2D eigenvalue weighted by atomic mass is 10.2. The zero-order chi connectivity index (χ0) is 13.7. The molecule has 0 saturated carbocycles. The van der Waals surface area contributed by atoms with Crippen LogP contribution in [0.2, 0.25) is 0 Å². The van der Waals surface area contributed by atoms with E-state index in [4.69, 9.17) is 4.42 Å². The molecule has 2 aromatic rings. The molecule has 0 spiro atoms. The number of nitrogens with one attached hydrogen (secondary N) is 1. The van der Waals surface area contributed by atoms with E-state index < -0.39 is 6.10 Å². The van der Waals surface area contributed by atoms with E-state index in [9.17, 15) is 9.90 Å². The van der Waals surface area contributed by atoms with Crippen molar-refractivity contribution in [3.8, 4) is 0 Å². The Balaban J connectivity index is 1.80. The van der Waals surface area contributed by atoms with Crippen molar-refractivity contribution in [1.82, 2.24) is 5.32 Å². The number of rotatable bonds is 5. The lowest BCUT2D eigenvalue weighted by Gasteiger charge is -2.07. The van der Waals surface area contributed by atoms with Gasteiger partial charge in [0.1, 0.15) is 17.6 Å². The lowest BCUT2D eigenvalue weighted by Crippen LogP contribution is -2.26. The van der Waals surface area contributed by atoms with Gasteiger partial charge < -0.3 is 14.8 Å². The first kappa shape index (κ1) is 13.6. The van der Waals surface area contributed by atoms with Gasteiger partial charge in [0.15, 0.2) is 0 Å². The summed E-state index contributed by atoms with van der Waals surface area (Å²) in [6, 6.07) is 7.32. The van der Waals surface area contributed by atoms with Gasteiger partial charge in [-0.05, 0) is 36.6 Å². The molecule has 100 valence electrons. The van der Waals surface area contributed by atoms with Gasteiger partial charge in [0.2, 0.25) is 5.91 Å². The average molecular weight is 277 g/mol. The highest BCUT2D eigenvalue weighted by Crippen LogP contribution is 2.15. The van der Waals surface area contributed by atoms with Crippen LogP contribution in [0, 0.1) is 6.92 Å². The topological polar surface area (TPSA) is 62.5 Å². The standard InChI is InChI=1S/C14H15NO3S/c1-10-4-6-13(18-10)12(16)9-15-14(17)7-5-11-3-2-8-19-11/h2-8,12,16H,9H2,1H3,(H,15,17). The SMILES string of the molecule is Cc1ccc(C(O)CNC(=O)C=Cc2cccs2)o1. The van der Waals surface area contributed by atoms with Crippen LogP contribution in [0.25, 0.3) is 6.08 Å². The third-order valence-corrected chi connectivity index (χ3v) is 3.34. The Kier molecular flexibility index (Phi) is 4.54. The molecule has 2 aromatic heterocycles. The van der Waals surface area contributed by atoms with Crippen molar-refractivity contribution in [3.05, 3.63) is 52.1 Å². The largest absolute Gasteiger partial charge is 0.464 e. The summed E-state index contributed by atoms with van der Waals surface area (Å²) in [4.78, 5) is 12.6. The number of carbonyl (C=O) groups excluding carboxylic acids is 1. The molecule has 5 heteroatoms. The van der Waals surface area contributed by atoms with Gasteiger partial charge in [-0.25, -0.2) is 0 Å². The number of thiophene rings is 1. The normalized spacial score (nSPS) is 12.7. The van der Waals surface area contributed by atoms with Crippen LogP contribution in [0.4, 0.5) is 0 Å². The number of aliphatic hydroxyl groups excluding tert-OH is 1. The van der Waals surface area contributed by atoms with Gasteiger partial charge in [-0.1, -0.05) is 6.07 Å². The highest BCUT2D eigenvalue weighted by Gasteiger charge is 2.11. The first-order chi connectivity index (χ1) is 9.15. The quantitative estimate of drug-likeness (QED) is 0.825. The highest BCUT2D eigenvalue weighted by atomic mass is 32.1. The molecule has 2 heterocycles. The summed E-state index contributed by atoms with van der Waals surface area (Å²) in [7, 11) is 0. The van der Waals surface area contributed by atoms with Crippen molar-refractivity contribution < 1.29 is 14.3 Å². The second-order valence-electron chi connectivity index (χ2n) is 4.06. The molecule has 0 radical (unpaired) electrons. The molecule has 0 bridgehead atoms. The maximum Gasteiger partial charge on any atom is 0.244 e. The summed E-state index contributed by atoms with van der Waals surface area (Å²) >= 11 is 1.56. The van der Waals surface area contributed by atoms with Gasteiger partial charge >= 0.3 is 0 Å². The van der Waals surface area contributed by atoms with Gasteiger partial charge in [-0.2, -0.15) is 0 Å². The molecule has 0 aliphatic carbocycles. The Morgan fingerprint density at radius 2 is 2.37 bits per heavy atom. The zero-order valence-corrected chi connectivity index (χ0v) is 11.3. The van der Waals surface area contributed by atoms with Gasteiger partial charge in [-0.3, -0.25) is 4.79 Å². The summed E-state index contributed by atoms with van der Waals surface area (Å²) in [5.41, 5.74) is 0. The molecule has 1 amide bonds. The first-order valence-corrected chi connectivity index (χ1v) is 6.77. The van der Waals surface area contributed by atoms with E-state index in [2.05, 4.69) is 5.32 Å². The van der Waals surface area contributed by atoms with Crippen molar-refractivity contribution in [3.63, 3.8) is 0 Å². The Bertz CT molecular complexity index is 557. The predicted octanol–water partition coefficient (Wildman–Crippen LogP) is 2.51. The molecule has 2 N–H and O–H groups in total. The van der Waals surface area contributed by atoms with E-state index in [1.165, 1.54) is 6.08 Å². The number of amides is 1. The fourth-order valence-corrected chi connectivity index (χ4v) is 2.15. The van der Waals surface area contributed by atoms with Crippen molar-refractivity contribution in [1.29, 1.82) is 0 Å². The number of aliphatic hydroxyl groups is 1. The van der Waals surface area contributed by atoms with E-state index in [1.54, 1.807) is 36.5 Å². The number of carbonyl (C=O) groups is 1. The van der Waals surface area contributed by atoms with Crippen LogP contribution < -0.4 is 5.32 Å². The number of hydrogen-bond donors (Lipinski definition) is 2. The molecule has 0 aliphatic heterocycles.